The predicted molar refractivity (Wildman–Crippen MR) is 74.4 cm³/mol. The Morgan fingerprint density at radius 3 is 2.64 bits per heavy atom. The molecular formula is C13H14N2O6S. The molecule has 8 nitrogen and oxygen atoms in total. The van der Waals surface area contributed by atoms with Gasteiger partial charge >= 0.3 is 5.97 Å². The van der Waals surface area contributed by atoms with Gasteiger partial charge in [0.15, 0.2) is 4.90 Å². The van der Waals surface area contributed by atoms with Crippen molar-refractivity contribution in [3.8, 4) is 0 Å². The van der Waals surface area contributed by atoms with E-state index in [2.05, 4.69) is 0 Å². The van der Waals surface area contributed by atoms with E-state index < -0.39 is 32.8 Å². The second kappa shape index (κ2) is 5.03. The van der Waals surface area contributed by atoms with Crippen LogP contribution in [0.15, 0.2) is 29.2 Å². The molecule has 0 saturated carbocycles. The highest BCUT2D eigenvalue weighted by atomic mass is 32.2. The molecule has 1 aromatic carbocycles. The fraction of sp³-hybridized carbons (Fsp3) is 0.462. The molecule has 118 valence electrons. The Morgan fingerprint density at radius 2 is 2.05 bits per heavy atom. The van der Waals surface area contributed by atoms with E-state index in [1.165, 1.54) is 18.2 Å². The minimum atomic E-state index is -3.96. The van der Waals surface area contributed by atoms with E-state index in [0.717, 1.165) is 10.4 Å². The summed E-state index contributed by atoms with van der Waals surface area (Å²) in [6, 6.07) is 4.79. The molecule has 0 N–H and O–H groups in total. The molecule has 4 atom stereocenters. The number of nitro benzene ring substituents is 1. The van der Waals surface area contributed by atoms with Gasteiger partial charge in [0.25, 0.3) is 5.69 Å². The Balaban J connectivity index is 1.85. The van der Waals surface area contributed by atoms with Crippen LogP contribution in [0, 0.1) is 16.0 Å². The van der Waals surface area contributed by atoms with Gasteiger partial charge < -0.3 is 4.74 Å². The molecule has 0 spiro atoms. The van der Waals surface area contributed by atoms with E-state index in [9.17, 15) is 23.3 Å². The van der Waals surface area contributed by atoms with Crippen LogP contribution in [0.5, 0.6) is 0 Å². The van der Waals surface area contributed by atoms with Crippen molar-refractivity contribution in [1.82, 2.24) is 4.31 Å². The lowest BCUT2D eigenvalue weighted by Crippen LogP contribution is -2.23. The minimum absolute atomic E-state index is 0.207. The third-order valence-electron chi connectivity index (χ3n) is 3.94. The molecule has 2 fully saturated rings. The van der Waals surface area contributed by atoms with Gasteiger partial charge in [-0.1, -0.05) is 19.1 Å². The average Bonchev–Trinajstić information content (AvgIpc) is 3.21. The quantitative estimate of drug-likeness (QED) is 0.352. The fourth-order valence-electron chi connectivity index (χ4n) is 2.66. The van der Waals surface area contributed by atoms with Crippen molar-refractivity contribution in [3.05, 3.63) is 34.4 Å². The van der Waals surface area contributed by atoms with Crippen LogP contribution in [0.1, 0.15) is 13.3 Å². The van der Waals surface area contributed by atoms with Crippen molar-refractivity contribution in [2.45, 2.75) is 30.4 Å². The first kappa shape index (κ1) is 14.9. The summed E-state index contributed by atoms with van der Waals surface area (Å²) in [4.78, 5) is 21.3. The maximum Gasteiger partial charge on any atom is 0.309 e. The molecule has 0 bridgehead atoms. The summed E-state index contributed by atoms with van der Waals surface area (Å²) >= 11 is 0. The monoisotopic (exact) mass is 326 g/mol. The van der Waals surface area contributed by atoms with Crippen LogP contribution < -0.4 is 0 Å². The number of rotatable bonds is 4. The minimum Gasteiger partial charge on any atom is -0.460 e. The summed E-state index contributed by atoms with van der Waals surface area (Å²) in [6.07, 6.45) is -0.00750. The highest BCUT2D eigenvalue weighted by Crippen LogP contribution is 2.38. The van der Waals surface area contributed by atoms with E-state index in [-0.39, 0.29) is 23.3 Å². The zero-order valence-corrected chi connectivity index (χ0v) is 12.5. The zero-order chi connectivity index (χ0) is 16.1. The Hall–Kier alpha value is -2.00. The van der Waals surface area contributed by atoms with Gasteiger partial charge in [-0.3, -0.25) is 14.9 Å². The second-order valence-corrected chi connectivity index (χ2v) is 7.34. The number of cyclic esters (lactones) is 1. The number of para-hydroxylation sites is 1. The summed E-state index contributed by atoms with van der Waals surface area (Å²) in [5.74, 6) is -0.582. The third-order valence-corrected chi connectivity index (χ3v) is 5.88. The molecule has 0 aliphatic carbocycles. The van der Waals surface area contributed by atoms with E-state index >= 15 is 0 Å². The van der Waals surface area contributed by atoms with Crippen molar-refractivity contribution in [2.24, 2.45) is 5.92 Å². The Bertz CT molecular complexity index is 747. The summed E-state index contributed by atoms with van der Waals surface area (Å²) in [5.41, 5.74) is -0.454. The first-order valence-corrected chi connectivity index (χ1v) is 8.22. The lowest BCUT2D eigenvalue weighted by atomic mass is 10.1. The number of carbonyl (C=O) groups is 1. The molecule has 9 heteroatoms. The number of hydrogen-bond acceptors (Lipinski definition) is 6. The van der Waals surface area contributed by atoms with E-state index in [4.69, 9.17) is 4.74 Å². The normalized spacial score (nSPS) is 30.9. The van der Waals surface area contributed by atoms with Crippen LogP contribution >= 0.6 is 0 Å². The summed E-state index contributed by atoms with van der Waals surface area (Å²) < 4.78 is 31.4. The van der Waals surface area contributed by atoms with Crippen molar-refractivity contribution in [2.75, 3.05) is 6.54 Å². The number of sulfonamides is 1. The van der Waals surface area contributed by atoms with E-state index in [1.807, 2.05) is 0 Å². The topological polar surface area (TPSA) is 107 Å². The van der Waals surface area contributed by atoms with Gasteiger partial charge in [-0.25, -0.2) is 8.42 Å². The summed E-state index contributed by atoms with van der Waals surface area (Å²) in [7, 11) is -3.96. The van der Waals surface area contributed by atoms with Crippen LogP contribution in [0.25, 0.3) is 0 Å². The first-order chi connectivity index (χ1) is 10.3. The van der Waals surface area contributed by atoms with Crippen molar-refractivity contribution < 1.29 is 22.9 Å². The molecule has 2 saturated heterocycles. The predicted octanol–water partition coefficient (Wildman–Crippen LogP) is 0.919. The van der Waals surface area contributed by atoms with E-state index in [0.29, 0.717) is 6.42 Å². The Morgan fingerprint density at radius 1 is 1.36 bits per heavy atom. The van der Waals surface area contributed by atoms with E-state index in [1.54, 1.807) is 6.92 Å². The van der Waals surface area contributed by atoms with Gasteiger partial charge in [-0.2, -0.15) is 4.31 Å². The van der Waals surface area contributed by atoms with Crippen molar-refractivity contribution in [3.63, 3.8) is 0 Å². The van der Waals surface area contributed by atoms with Gasteiger partial charge in [0.1, 0.15) is 6.10 Å². The maximum atomic E-state index is 12.5. The molecule has 22 heavy (non-hydrogen) atoms. The molecular weight excluding hydrogens is 312 g/mol. The van der Waals surface area contributed by atoms with Gasteiger partial charge in [0.05, 0.1) is 16.9 Å². The number of nitrogens with zero attached hydrogens (tertiary/aromatic N) is 2. The highest BCUT2D eigenvalue weighted by molar-refractivity contribution is 7.89. The van der Waals surface area contributed by atoms with Crippen molar-refractivity contribution in [1.29, 1.82) is 0 Å². The average molecular weight is 326 g/mol. The molecule has 2 aliphatic heterocycles. The van der Waals surface area contributed by atoms with Crippen molar-refractivity contribution >= 4 is 21.7 Å². The van der Waals surface area contributed by atoms with Crippen LogP contribution in [0.4, 0.5) is 5.69 Å². The lowest BCUT2D eigenvalue weighted by molar-refractivity contribution is -0.387. The largest absolute Gasteiger partial charge is 0.460 e. The first-order valence-electron chi connectivity index (χ1n) is 6.78. The smallest absolute Gasteiger partial charge is 0.309 e. The Kier molecular flexibility index (Phi) is 3.41. The van der Waals surface area contributed by atoms with Crippen LogP contribution in [0.2, 0.25) is 0 Å². The lowest BCUT2D eigenvalue weighted by Gasteiger charge is -2.10. The van der Waals surface area contributed by atoms with Gasteiger partial charge in [-0.05, 0) is 12.5 Å². The van der Waals surface area contributed by atoms with Gasteiger partial charge in [0.2, 0.25) is 10.0 Å². The van der Waals surface area contributed by atoms with Gasteiger partial charge in [-0.15, -0.1) is 0 Å². The molecule has 0 radical (unpaired) electrons. The molecule has 1 unspecified atom stereocenters. The molecule has 0 amide bonds. The van der Waals surface area contributed by atoms with Crippen LogP contribution in [0.3, 0.4) is 0 Å². The second-order valence-electron chi connectivity index (χ2n) is 5.48. The molecule has 1 aromatic rings. The molecule has 2 aliphatic rings. The number of carbonyl (C=O) groups excluding carboxylic acids is 1. The summed E-state index contributed by atoms with van der Waals surface area (Å²) in [5, 5.41) is 11.0. The standard InChI is InChI=1S/C13H14N2O6S/c1-8-6-11(21-13(8)16)10-7-14(10)22(19,20)12-5-3-2-4-9(12)15(17)18/h2-5,8,10-11H,6-7H2,1H3/t8-,10?,11+,14+/m1/s1. The molecule has 3 rings (SSSR count). The number of esters is 1. The zero-order valence-electron chi connectivity index (χ0n) is 11.7. The fourth-order valence-corrected chi connectivity index (χ4v) is 4.41. The molecule has 2 heterocycles. The van der Waals surface area contributed by atoms with Gasteiger partial charge in [0, 0.05) is 12.6 Å². The van der Waals surface area contributed by atoms with Crippen LogP contribution in [-0.2, 0) is 19.6 Å². The third kappa shape index (κ3) is 2.35. The molecule has 0 aromatic heterocycles. The number of hydrogen-bond donors (Lipinski definition) is 0. The summed E-state index contributed by atoms with van der Waals surface area (Å²) in [6.45, 7) is 1.94. The Labute approximate surface area is 126 Å². The maximum absolute atomic E-state index is 12.5. The highest BCUT2D eigenvalue weighted by Gasteiger charge is 2.54. The van der Waals surface area contributed by atoms with Crippen LogP contribution in [-0.4, -0.2) is 42.3 Å². The number of nitro groups is 1. The SMILES string of the molecule is C[C@@H]1C[C@@H](C2C[N@]2S(=O)(=O)c2ccccc2[N+](=O)[O-])OC1=O. The number of benzene rings is 1. The number of ether oxygens (including phenoxy) is 1.